The van der Waals surface area contributed by atoms with Gasteiger partial charge >= 0.3 is 0 Å². The Kier molecular flexibility index (Phi) is 6.18. The Bertz CT molecular complexity index is 700. The number of anilines is 2. The third-order valence-electron chi connectivity index (χ3n) is 4.06. The van der Waals surface area contributed by atoms with Crippen molar-refractivity contribution in [1.82, 2.24) is 4.98 Å². The zero-order valence-corrected chi connectivity index (χ0v) is 15.9. The van der Waals surface area contributed by atoms with Crippen LogP contribution in [0.1, 0.15) is 57.0 Å². The van der Waals surface area contributed by atoms with Gasteiger partial charge in [0.25, 0.3) is 5.91 Å². The number of rotatable bonds is 6. The van der Waals surface area contributed by atoms with Crippen LogP contribution in [0.15, 0.2) is 42.6 Å². The predicted molar refractivity (Wildman–Crippen MR) is 105 cm³/mol. The lowest BCUT2D eigenvalue weighted by Crippen LogP contribution is -2.14. The molecule has 0 aliphatic rings. The Morgan fingerprint density at radius 2 is 1.80 bits per heavy atom. The van der Waals surface area contributed by atoms with Crippen LogP contribution in [0.4, 0.5) is 11.5 Å². The molecular formula is C21H29N3O. The number of benzene rings is 1. The maximum atomic E-state index is 12.5. The number of nitrogens with zero attached hydrogens (tertiary/aromatic N) is 1. The van der Waals surface area contributed by atoms with Crippen LogP contribution in [0.5, 0.6) is 0 Å². The second-order valence-corrected chi connectivity index (χ2v) is 7.82. The topological polar surface area (TPSA) is 54.0 Å². The van der Waals surface area contributed by atoms with Crippen molar-refractivity contribution in [3.63, 3.8) is 0 Å². The van der Waals surface area contributed by atoms with Gasteiger partial charge in [-0.1, -0.05) is 46.8 Å². The number of pyridine rings is 1. The Balaban J connectivity index is 2.00. The molecule has 134 valence electrons. The molecular weight excluding hydrogens is 310 g/mol. The highest BCUT2D eigenvalue weighted by Crippen LogP contribution is 2.23. The Morgan fingerprint density at radius 1 is 1.12 bits per heavy atom. The maximum absolute atomic E-state index is 12.5. The van der Waals surface area contributed by atoms with Crippen molar-refractivity contribution in [2.75, 3.05) is 17.2 Å². The van der Waals surface area contributed by atoms with Crippen molar-refractivity contribution < 1.29 is 4.79 Å². The molecule has 0 saturated heterocycles. The van der Waals surface area contributed by atoms with Crippen LogP contribution >= 0.6 is 0 Å². The molecule has 4 nitrogen and oxygen atoms in total. The first-order valence-corrected chi connectivity index (χ1v) is 8.87. The van der Waals surface area contributed by atoms with Crippen molar-refractivity contribution in [3.8, 4) is 0 Å². The van der Waals surface area contributed by atoms with Gasteiger partial charge in [0.1, 0.15) is 5.82 Å². The molecule has 0 spiro atoms. The van der Waals surface area contributed by atoms with E-state index in [1.165, 1.54) is 5.56 Å². The van der Waals surface area contributed by atoms with Crippen LogP contribution in [0.2, 0.25) is 0 Å². The van der Waals surface area contributed by atoms with E-state index < -0.39 is 0 Å². The van der Waals surface area contributed by atoms with Gasteiger partial charge in [0.15, 0.2) is 0 Å². The average Bonchev–Trinajstić information content (AvgIpc) is 2.54. The van der Waals surface area contributed by atoms with E-state index in [2.05, 4.69) is 62.4 Å². The second-order valence-electron chi connectivity index (χ2n) is 7.82. The van der Waals surface area contributed by atoms with Crippen LogP contribution in [0.3, 0.4) is 0 Å². The number of carbonyl (C=O) groups is 1. The van der Waals surface area contributed by atoms with Crippen molar-refractivity contribution in [2.24, 2.45) is 5.92 Å². The summed E-state index contributed by atoms with van der Waals surface area (Å²) in [6.07, 6.45) is 2.73. The summed E-state index contributed by atoms with van der Waals surface area (Å²) in [5.41, 5.74) is 2.74. The summed E-state index contributed by atoms with van der Waals surface area (Å²) < 4.78 is 0. The second kappa shape index (κ2) is 8.15. The van der Waals surface area contributed by atoms with E-state index in [4.69, 9.17) is 0 Å². The zero-order chi connectivity index (χ0) is 18.4. The zero-order valence-electron chi connectivity index (χ0n) is 15.9. The molecule has 4 heteroatoms. The minimum atomic E-state index is -0.127. The largest absolute Gasteiger partial charge is 0.370 e. The van der Waals surface area contributed by atoms with Gasteiger partial charge in [0.2, 0.25) is 0 Å². The molecule has 1 aromatic heterocycles. The van der Waals surface area contributed by atoms with Crippen LogP contribution in [-0.4, -0.2) is 17.4 Å². The molecule has 2 rings (SSSR count). The molecule has 1 aromatic carbocycles. The van der Waals surface area contributed by atoms with E-state index in [-0.39, 0.29) is 11.3 Å². The average molecular weight is 339 g/mol. The molecule has 2 aromatic rings. The molecule has 0 saturated carbocycles. The van der Waals surface area contributed by atoms with Gasteiger partial charge in [-0.15, -0.1) is 0 Å². The summed E-state index contributed by atoms with van der Waals surface area (Å²) >= 11 is 0. The first-order chi connectivity index (χ1) is 11.8. The summed E-state index contributed by atoms with van der Waals surface area (Å²) in [6.45, 7) is 11.7. The summed E-state index contributed by atoms with van der Waals surface area (Å²) in [7, 11) is 0. The quantitative estimate of drug-likeness (QED) is 0.771. The summed E-state index contributed by atoms with van der Waals surface area (Å²) in [5, 5.41) is 6.21. The Hall–Kier alpha value is -2.36. The molecule has 0 bridgehead atoms. The molecule has 25 heavy (non-hydrogen) atoms. The molecule has 0 atom stereocenters. The third-order valence-corrected chi connectivity index (χ3v) is 4.06. The molecule has 0 aliphatic heterocycles. The van der Waals surface area contributed by atoms with Gasteiger partial charge in [-0.25, -0.2) is 4.98 Å². The lowest BCUT2D eigenvalue weighted by Gasteiger charge is -2.19. The fourth-order valence-electron chi connectivity index (χ4n) is 2.41. The highest BCUT2D eigenvalue weighted by molar-refractivity contribution is 6.04. The monoisotopic (exact) mass is 339 g/mol. The highest BCUT2D eigenvalue weighted by Gasteiger charge is 2.13. The summed E-state index contributed by atoms with van der Waals surface area (Å²) in [4.78, 5) is 16.7. The van der Waals surface area contributed by atoms with Crippen molar-refractivity contribution in [3.05, 3.63) is 53.7 Å². The summed E-state index contributed by atoms with van der Waals surface area (Å²) in [6, 6.07) is 11.5. The lowest BCUT2D eigenvalue weighted by molar-refractivity contribution is 0.102. The first kappa shape index (κ1) is 19.0. The van der Waals surface area contributed by atoms with E-state index in [9.17, 15) is 4.79 Å². The fraction of sp³-hybridized carbons (Fsp3) is 0.429. The van der Waals surface area contributed by atoms with E-state index in [0.29, 0.717) is 11.5 Å². The molecule has 0 radical (unpaired) electrons. The minimum absolute atomic E-state index is 0.101. The molecule has 1 amide bonds. The van der Waals surface area contributed by atoms with E-state index in [1.54, 1.807) is 18.3 Å². The SMILES string of the molecule is CC(C)CCNc1cc(C(=O)Nc2ccc(C(C)(C)C)cc2)ccn1. The molecule has 1 heterocycles. The number of hydrogen-bond donors (Lipinski definition) is 2. The van der Waals surface area contributed by atoms with Gasteiger partial charge in [-0.2, -0.15) is 0 Å². The number of nitrogens with one attached hydrogen (secondary N) is 2. The van der Waals surface area contributed by atoms with Crippen molar-refractivity contribution >= 4 is 17.4 Å². The normalized spacial score (nSPS) is 11.4. The van der Waals surface area contributed by atoms with Gasteiger partial charge < -0.3 is 10.6 Å². The van der Waals surface area contributed by atoms with Gasteiger partial charge in [0.05, 0.1) is 0 Å². The molecule has 2 N–H and O–H groups in total. The number of aromatic nitrogens is 1. The van der Waals surface area contributed by atoms with Gasteiger partial charge in [-0.05, 0) is 47.6 Å². The minimum Gasteiger partial charge on any atom is -0.370 e. The number of hydrogen-bond acceptors (Lipinski definition) is 3. The third kappa shape index (κ3) is 5.89. The predicted octanol–water partition coefficient (Wildman–Crippen LogP) is 5.09. The number of amides is 1. The van der Waals surface area contributed by atoms with Gasteiger partial charge in [0, 0.05) is 24.0 Å². The van der Waals surface area contributed by atoms with E-state index in [0.717, 1.165) is 24.5 Å². The Morgan fingerprint density at radius 3 is 2.40 bits per heavy atom. The van der Waals surface area contributed by atoms with Crippen LogP contribution in [0, 0.1) is 5.92 Å². The number of carbonyl (C=O) groups excluding carboxylic acids is 1. The maximum Gasteiger partial charge on any atom is 0.255 e. The van der Waals surface area contributed by atoms with Crippen LogP contribution in [0.25, 0.3) is 0 Å². The molecule has 0 fully saturated rings. The standard InChI is InChI=1S/C21H29N3O/c1-15(2)10-12-22-19-14-16(11-13-23-19)20(25)24-18-8-6-17(7-9-18)21(3,4)5/h6-9,11,13-15H,10,12H2,1-5H3,(H,22,23)(H,24,25). The summed E-state index contributed by atoms with van der Waals surface area (Å²) in [5.74, 6) is 1.24. The van der Waals surface area contributed by atoms with E-state index in [1.807, 2.05) is 12.1 Å². The van der Waals surface area contributed by atoms with Crippen molar-refractivity contribution in [1.29, 1.82) is 0 Å². The lowest BCUT2D eigenvalue weighted by atomic mass is 9.87. The molecule has 0 unspecified atom stereocenters. The van der Waals surface area contributed by atoms with E-state index >= 15 is 0 Å². The molecule has 0 aliphatic carbocycles. The first-order valence-electron chi connectivity index (χ1n) is 8.87. The van der Waals surface area contributed by atoms with Gasteiger partial charge in [-0.3, -0.25) is 4.79 Å². The van der Waals surface area contributed by atoms with Crippen LogP contribution in [-0.2, 0) is 5.41 Å². The Labute approximate surface area is 151 Å². The fourth-order valence-corrected chi connectivity index (χ4v) is 2.41. The smallest absolute Gasteiger partial charge is 0.255 e. The van der Waals surface area contributed by atoms with Crippen LogP contribution < -0.4 is 10.6 Å². The highest BCUT2D eigenvalue weighted by atomic mass is 16.1. The van der Waals surface area contributed by atoms with Crippen molar-refractivity contribution in [2.45, 2.75) is 46.5 Å².